The van der Waals surface area contributed by atoms with Crippen molar-refractivity contribution in [3.63, 3.8) is 0 Å². The van der Waals surface area contributed by atoms with E-state index in [0.29, 0.717) is 11.8 Å². The fourth-order valence-electron chi connectivity index (χ4n) is 3.45. The number of carbonyl (C=O) groups excluding carboxylic acids is 1. The van der Waals surface area contributed by atoms with E-state index < -0.39 is 0 Å². The average molecular weight is 316 g/mol. The Hall–Kier alpha value is -1.69. The van der Waals surface area contributed by atoms with Crippen LogP contribution < -0.4 is 0 Å². The molecule has 1 saturated carbocycles. The minimum atomic E-state index is 0.201. The van der Waals surface area contributed by atoms with Gasteiger partial charge in [-0.25, -0.2) is 9.67 Å². The van der Waals surface area contributed by atoms with Crippen LogP contribution in [0.5, 0.6) is 0 Å². The molecule has 2 aliphatic rings. The highest BCUT2D eigenvalue weighted by atomic mass is 32.1. The molecule has 0 bridgehead atoms. The van der Waals surface area contributed by atoms with Crippen molar-refractivity contribution in [2.75, 3.05) is 13.1 Å². The second-order valence-corrected chi connectivity index (χ2v) is 7.67. The van der Waals surface area contributed by atoms with Crippen LogP contribution in [0.2, 0.25) is 0 Å². The van der Waals surface area contributed by atoms with Gasteiger partial charge in [0.2, 0.25) is 5.91 Å². The summed E-state index contributed by atoms with van der Waals surface area (Å²) in [5.41, 5.74) is 0. The SMILES string of the molecule is Cc1ccc([C@@H]2C[C@H]2C(=O)N2CCC[C@H](n3cncn3)C2)s1. The van der Waals surface area contributed by atoms with Crippen LogP contribution in [-0.4, -0.2) is 38.7 Å². The van der Waals surface area contributed by atoms with E-state index in [0.717, 1.165) is 32.4 Å². The Morgan fingerprint density at radius 1 is 1.41 bits per heavy atom. The smallest absolute Gasteiger partial charge is 0.226 e. The normalized spacial score (nSPS) is 27.9. The molecule has 2 fully saturated rings. The molecule has 4 rings (SSSR count). The van der Waals surface area contributed by atoms with Crippen LogP contribution in [0.15, 0.2) is 24.8 Å². The molecule has 3 heterocycles. The zero-order valence-electron chi connectivity index (χ0n) is 12.7. The number of carbonyl (C=O) groups is 1. The van der Waals surface area contributed by atoms with Crippen molar-refractivity contribution in [3.8, 4) is 0 Å². The lowest BCUT2D eigenvalue weighted by atomic mass is 10.1. The van der Waals surface area contributed by atoms with Gasteiger partial charge in [-0.3, -0.25) is 4.79 Å². The molecule has 0 radical (unpaired) electrons. The van der Waals surface area contributed by atoms with Crippen LogP contribution in [-0.2, 0) is 4.79 Å². The van der Waals surface area contributed by atoms with Gasteiger partial charge in [0, 0.05) is 34.7 Å². The third-order valence-corrected chi connectivity index (χ3v) is 5.89. The third kappa shape index (κ3) is 2.56. The van der Waals surface area contributed by atoms with Gasteiger partial charge in [-0.1, -0.05) is 0 Å². The summed E-state index contributed by atoms with van der Waals surface area (Å²) in [6.07, 6.45) is 6.46. The Labute approximate surface area is 134 Å². The number of hydrogen-bond donors (Lipinski definition) is 0. The number of thiophene rings is 1. The van der Waals surface area contributed by atoms with E-state index >= 15 is 0 Å². The molecule has 3 atom stereocenters. The first-order valence-electron chi connectivity index (χ1n) is 7.91. The van der Waals surface area contributed by atoms with Crippen molar-refractivity contribution >= 4 is 17.2 Å². The zero-order valence-corrected chi connectivity index (χ0v) is 13.5. The van der Waals surface area contributed by atoms with Crippen molar-refractivity contribution in [3.05, 3.63) is 34.5 Å². The lowest BCUT2D eigenvalue weighted by Gasteiger charge is -2.32. The highest BCUT2D eigenvalue weighted by molar-refractivity contribution is 7.12. The number of hydrogen-bond acceptors (Lipinski definition) is 4. The Balaban J connectivity index is 1.41. The van der Waals surface area contributed by atoms with E-state index in [4.69, 9.17) is 0 Å². The number of rotatable bonds is 3. The second-order valence-electron chi connectivity index (χ2n) is 6.35. The van der Waals surface area contributed by atoms with Crippen molar-refractivity contribution in [2.45, 2.75) is 38.1 Å². The van der Waals surface area contributed by atoms with Gasteiger partial charge < -0.3 is 4.90 Å². The van der Waals surface area contributed by atoms with Gasteiger partial charge in [-0.05, 0) is 38.3 Å². The number of nitrogens with zero attached hydrogens (tertiary/aromatic N) is 4. The molecule has 1 aliphatic heterocycles. The maximum Gasteiger partial charge on any atom is 0.226 e. The number of amides is 1. The van der Waals surface area contributed by atoms with Gasteiger partial charge in [0.25, 0.3) is 0 Å². The van der Waals surface area contributed by atoms with Gasteiger partial charge >= 0.3 is 0 Å². The molecular weight excluding hydrogens is 296 g/mol. The first kappa shape index (κ1) is 13.9. The Morgan fingerprint density at radius 3 is 3.05 bits per heavy atom. The fraction of sp³-hybridized carbons (Fsp3) is 0.562. The number of likely N-dealkylation sites (tertiary alicyclic amines) is 1. The zero-order chi connectivity index (χ0) is 15.1. The summed E-state index contributed by atoms with van der Waals surface area (Å²) in [6, 6.07) is 4.62. The number of piperidine rings is 1. The van der Waals surface area contributed by atoms with E-state index in [1.165, 1.54) is 9.75 Å². The maximum absolute atomic E-state index is 12.8. The summed E-state index contributed by atoms with van der Waals surface area (Å²) < 4.78 is 1.90. The van der Waals surface area contributed by atoms with E-state index in [1.54, 1.807) is 12.7 Å². The van der Waals surface area contributed by atoms with Gasteiger partial charge in [0.1, 0.15) is 12.7 Å². The van der Waals surface area contributed by atoms with Crippen LogP contribution in [0.1, 0.15) is 41.0 Å². The average Bonchev–Trinajstić information content (AvgIpc) is 2.95. The Morgan fingerprint density at radius 2 is 2.32 bits per heavy atom. The summed E-state index contributed by atoms with van der Waals surface area (Å²) in [7, 11) is 0. The lowest BCUT2D eigenvalue weighted by Crippen LogP contribution is -2.41. The van der Waals surface area contributed by atoms with Gasteiger partial charge in [-0.2, -0.15) is 5.10 Å². The minimum absolute atomic E-state index is 0.201. The highest BCUT2D eigenvalue weighted by Crippen LogP contribution is 2.50. The fourth-order valence-corrected chi connectivity index (χ4v) is 4.50. The molecule has 116 valence electrons. The maximum atomic E-state index is 12.8. The number of aryl methyl sites for hydroxylation is 1. The van der Waals surface area contributed by atoms with Crippen molar-refractivity contribution < 1.29 is 4.79 Å². The molecule has 0 unspecified atom stereocenters. The van der Waals surface area contributed by atoms with Crippen LogP contribution >= 0.6 is 11.3 Å². The van der Waals surface area contributed by atoms with E-state index in [1.807, 2.05) is 20.9 Å². The molecule has 5 nitrogen and oxygen atoms in total. The van der Waals surface area contributed by atoms with Gasteiger partial charge in [0.15, 0.2) is 0 Å². The molecular formula is C16H20N4OS. The molecule has 2 aromatic rings. The van der Waals surface area contributed by atoms with Crippen LogP contribution in [0, 0.1) is 12.8 Å². The first-order chi connectivity index (χ1) is 10.7. The van der Waals surface area contributed by atoms with Gasteiger partial charge in [-0.15, -0.1) is 11.3 Å². The van der Waals surface area contributed by atoms with E-state index in [9.17, 15) is 4.79 Å². The lowest BCUT2D eigenvalue weighted by molar-refractivity contribution is -0.134. The van der Waals surface area contributed by atoms with Crippen molar-refractivity contribution in [2.24, 2.45) is 5.92 Å². The summed E-state index contributed by atoms with van der Waals surface area (Å²) in [6.45, 7) is 3.78. The van der Waals surface area contributed by atoms with E-state index in [2.05, 4.69) is 29.1 Å². The molecule has 2 aromatic heterocycles. The van der Waals surface area contributed by atoms with Crippen LogP contribution in [0.4, 0.5) is 0 Å². The van der Waals surface area contributed by atoms with E-state index in [-0.39, 0.29) is 12.0 Å². The Kier molecular flexibility index (Phi) is 3.48. The molecule has 6 heteroatoms. The second kappa shape index (κ2) is 5.50. The predicted molar refractivity (Wildman–Crippen MR) is 84.8 cm³/mol. The molecule has 1 amide bonds. The molecule has 1 saturated heterocycles. The highest BCUT2D eigenvalue weighted by Gasteiger charge is 2.47. The summed E-state index contributed by atoms with van der Waals surface area (Å²) in [5.74, 6) is 0.992. The molecule has 0 spiro atoms. The number of aromatic nitrogens is 3. The van der Waals surface area contributed by atoms with Crippen molar-refractivity contribution in [1.29, 1.82) is 0 Å². The van der Waals surface area contributed by atoms with Crippen molar-refractivity contribution in [1.82, 2.24) is 19.7 Å². The third-order valence-electron chi connectivity index (χ3n) is 4.75. The molecule has 0 N–H and O–H groups in total. The molecule has 0 aromatic carbocycles. The standard InChI is InChI=1S/C16H20N4OS/c1-11-4-5-15(22-11)13-7-14(13)16(21)19-6-2-3-12(8-19)20-10-17-9-18-20/h4-5,9-10,12-14H,2-3,6-8H2,1H3/t12-,13+,14+/m0/s1. The van der Waals surface area contributed by atoms with Gasteiger partial charge in [0.05, 0.1) is 6.04 Å². The minimum Gasteiger partial charge on any atom is -0.340 e. The summed E-state index contributed by atoms with van der Waals surface area (Å²) >= 11 is 1.83. The largest absolute Gasteiger partial charge is 0.340 e. The van der Waals surface area contributed by atoms with Crippen LogP contribution in [0.3, 0.4) is 0 Å². The first-order valence-corrected chi connectivity index (χ1v) is 8.73. The monoisotopic (exact) mass is 316 g/mol. The summed E-state index contributed by atoms with van der Waals surface area (Å²) in [5, 5.41) is 4.23. The van der Waals surface area contributed by atoms with Crippen LogP contribution in [0.25, 0.3) is 0 Å². The quantitative estimate of drug-likeness (QED) is 0.874. The topological polar surface area (TPSA) is 51.0 Å². The summed E-state index contributed by atoms with van der Waals surface area (Å²) in [4.78, 5) is 21.5. The molecule has 1 aliphatic carbocycles. The predicted octanol–water partition coefficient (Wildman–Crippen LogP) is 2.62. The molecule has 22 heavy (non-hydrogen) atoms. The Bertz CT molecular complexity index is 666.